The lowest BCUT2D eigenvalue weighted by molar-refractivity contribution is 0.575. The molecule has 0 saturated carbocycles. The SMILES string of the molecule is Cc1nc(SCc2coc(-c3cccs3)n2)c2c3c(sc2n1)CCC3. The van der Waals surface area contributed by atoms with Crippen LogP contribution in [0.5, 0.6) is 0 Å². The Kier molecular flexibility index (Phi) is 3.87. The summed E-state index contributed by atoms with van der Waals surface area (Å²) >= 11 is 5.22. The Morgan fingerprint density at radius 2 is 2.20 bits per heavy atom. The average Bonchev–Trinajstić information content (AvgIpc) is 3.34. The molecule has 0 bridgehead atoms. The van der Waals surface area contributed by atoms with E-state index in [2.05, 4.69) is 9.97 Å². The minimum atomic E-state index is 0.700. The third-order valence-electron chi connectivity index (χ3n) is 4.28. The summed E-state index contributed by atoms with van der Waals surface area (Å²) in [7, 11) is 0. The number of aromatic nitrogens is 3. The number of fused-ring (bicyclic) bond motifs is 3. The lowest BCUT2D eigenvalue weighted by atomic mass is 10.2. The minimum absolute atomic E-state index is 0.700. The van der Waals surface area contributed by atoms with E-state index in [1.165, 1.54) is 28.7 Å². The molecule has 7 heteroatoms. The van der Waals surface area contributed by atoms with E-state index in [1.54, 1.807) is 29.4 Å². The third-order valence-corrected chi connectivity index (χ3v) is 7.34. The number of thiophene rings is 2. The predicted molar refractivity (Wildman–Crippen MR) is 104 cm³/mol. The van der Waals surface area contributed by atoms with Gasteiger partial charge in [-0.15, -0.1) is 22.7 Å². The van der Waals surface area contributed by atoms with Crippen molar-refractivity contribution in [3.63, 3.8) is 0 Å². The van der Waals surface area contributed by atoms with E-state index >= 15 is 0 Å². The van der Waals surface area contributed by atoms with Gasteiger partial charge in [0.15, 0.2) is 0 Å². The van der Waals surface area contributed by atoms with Crippen molar-refractivity contribution in [2.75, 3.05) is 0 Å². The number of rotatable bonds is 4. The zero-order valence-electron chi connectivity index (χ0n) is 13.6. The molecule has 0 saturated heterocycles. The second kappa shape index (κ2) is 6.23. The Labute approximate surface area is 157 Å². The summed E-state index contributed by atoms with van der Waals surface area (Å²) in [6, 6.07) is 4.04. The highest BCUT2D eigenvalue weighted by Gasteiger charge is 2.22. The molecule has 0 aromatic carbocycles. The van der Waals surface area contributed by atoms with Gasteiger partial charge in [-0.2, -0.15) is 0 Å². The molecule has 0 unspecified atom stereocenters. The highest BCUT2D eigenvalue weighted by atomic mass is 32.2. The van der Waals surface area contributed by atoms with E-state index in [1.807, 2.05) is 35.8 Å². The smallest absolute Gasteiger partial charge is 0.236 e. The van der Waals surface area contributed by atoms with Crippen molar-refractivity contribution < 1.29 is 4.42 Å². The fourth-order valence-corrected chi connectivity index (χ4v) is 6.20. The van der Waals surface area contributed by atoms with Crippen LogP contribution in [-0.2, 0) is 18.6 Å². The van der Waals surface area contributed by atoms with E-state index in [4.69, 9.17) is 9.40 Å². The summed E-state index contributed by atoms with van der Waals surface area (Å²) in [6.07, 6.45) is 5.35. The molecule has 0 aliphatic heterocycles. The maximum absolute atomic E-state index is 5.62. The van der Waals surface area contributed by atoms with Crippen LogP contribution in [0.3, 0.4) is 0 Å². The summed E-state index contributed by atoms with van der Waals surface area (Å²) in [6.45, 7) is 1.97. The quantitative estimate of drug-likeness (QED) is 0.343. The highest BCUT2D eigenvalue weighted by molar-refractivity contribution is 7.98. The molecule has 1 aliphatic rings. The second-order valence-electron chi connectivity index (χ2n) is 6.02. The molecule has 4 nitrogen and oxygen atoms in total. The molecule has 126 valence electrons. The maximum atomic E-state index is 5.62. The number of aryl methyl sites for hydroxylation is 3. The first kappa shape index (κ1) is 15.5. The Bertz CT molecular complexity index is 1050. The molecule has 25 heavy (non-hydrogen) atoms. The average molecular weight is 386 g/mol. The zero-order valence-corrected chi connectivity index (χ0v) is 16.1. The van der Waals surface area contributed by atoms with Crippen LogP contribution in [0.25, 0.3) is 21.0 Å². The van der Waals surface area contributed by atoms with Crippen molar-refractivity contribution in [3.05, 3.63) is 45.7 Å². The molecular formula is C18H15N3OS3. The monoisotopic (exact) mass is 385 g/mol. The first-order valence-electron chi connectivity index (χ1n) is 8.18. The lowest BCUT2D eigenvalue weighted by Gasteiger charge is -2.04. The zero-order chi connectivity index (χ0) is 16.8. The Hall–Kier alpha value is -1.70. The van der Waals surface area contributed by atoms with Crippen LogP contribution in [0.15, 0.2) is 33.2 Å². The molecule has 1 aliphatic carbocycles. The summed E-state index contributed by atoms with van der Waals surface area (Å²) in [5.41, 5.74) is 2.42. The van der Waals surface area contributed by atoms with Crippen LogP contribution in [0.2, 0.25) is 0 Å². The fourth-order valence-electron chi connectivity index (χ4n) is 3.20. The van der Waals surface area contributed by atoms with E-state index in [0.717, 1.165) is 38.4 Å². The van der Waals surface area contributed by atoms with Gasteiger partial charge in [0.05, 0.1) is 10.6 Å². The van der Waals surface area contributed by atoms with Gasteiger partial charge in [0.1, 0.15) is 21.9 Å². The van der Waals surface area contributed by atoms with Crippen LogP contribution in [0, 0.1) is 6.92 Å². The molecule has 0 spiro atoms. The minimum Gasteiger partial charge on any atom is -0.444 e. The molecule has 0 radical (unpaired) electrons. The van der Waals surface area contributed by atoms with Gasteiger partial charge in [0.2, 0.25) is 5.89 Å². The Morgan fingerprint density at radius 3 is 3.08 bits per heavy atom. The van der Waals surface area contributed by atoms with Crippen LogP contribution in [0.4, 0.5) is 0 Å². The van der Waals surface area contributed by atoms with Crippen molar-refractivity contribution in [2.24, 2.45) is 0 Å². The summed E-state index contributed by atoms with van der Waals surface area (Å²) in [4.78, 5) is 17.7. The molecule has 4 aromatic rings. The molecule has 0 atom stereocenters. The summed E-state index contributed by atoms with van der Waals surface area (Å²) in [5, 5.41) is 4.39. The van der Waals surface area contributed by atoms with Crippen molar-refractivity contribution in [1.29, 1.82) is 0 Å². The summed E-state index contributed by atoms with van der Waals surface area (Å²) < 4.78 is 5.62. The van der Waals surface area contributed by atoms with Gasteiger partial charge in [-0.05, 0) is 43.2 Å². The molecule has 4 aromatic heterocycles. The lowest BCUT2D eigenvalue weighted by Crippen LogP contribution is -1.93. The first-order chi connectivity index (χ1) is 12.3. The number of oxazole rings is 1. The standard InChI is InChI=1S/C18H15N3OS3/c1-10-19-17(15-12-4-2-5-13(12)25-18(15)20-10)24-9-11-8-22-16(21-11)14-6-3-7-23-14/h3,6-8H,2,4-5,9H2,1H3. The highest BCUT2D eigenvalue weighted by Crippen LogP contribution is 2.41. The van der Waals surface area contributed by atoms with Crippen molar-refractivity contribution in [1.82, 2.24) is 15.0 Å². The largest absolute Gasteiger partial charge is 0.444 e. The van der Waals surface area contributed by atoms with Gasteiger partial charge in [-0.25, -0.2) is 15.0 Å². The fraction of sp³-hybridized carbons (Fsp3) is 0.278. The first-order valence-corrected chi connectivity index (χ1v) is 10.9. The number of thioether (sulfide) groups is 1. The predicted octanol–water partition coefficient (Wildman–Crippen LogP) is 5.50. The summed E-state index contributed by atoms with van der Waals surface area (Å²) in [5.74, 6) is 2.30. The normalized spacial score (nSPS) is 13.6. The molecular weight excluding hydrogens is 370 g/mol. The topological polar surface area (TPSA) is 51.8 Å². The molecule has 4 heterocycles. The van der Waals surface area contributed by atoms with E-state index < -0.39 is 0 Å². The van der Waals surface area contributed by atoms with E-state index in [0.29, 0.717) is 5.89 Å². The molecule has 5 rings (SSSR count). The van der Waals surface area contributed by atoms with Crippen LogP contribution >= 0.6 is 34.4 Å². The van der Waals surface area contributed by atoms with Crippen LogP contribution < -0.4 is 0 Å². The van der Waals surface area contributed by atoms with Crippen molar-refractivity contribution >= 4 is 44.7 Å². The van der Waals surface area contributed by atoms with Gasteiger partial charge in [0.25, 0.3) is 0 Å². The van der Waals surface area contributed by atoms with Crippen molar-refractivity contribution in [3.8, 4) is 10.8 Å². The van der Waals surface area contributed by atoms with Gasteiger partial charge >= 0.3 is 0 Å². The van der Waals surface area contributed by atoms with Gasteiger partial charge < -0.3 is 4.42 Å². The van der Waals surface area contributed by atoms with Gasteiger partial charge in [0, 0.05) is 16.0 Å². The third kappa shape index (κ3) is 2.80. The second-order valence-corrected chi connectivity index (χ2v) is 9.02. The Balaban J connectivity index is 1.44. The van der Waals surface area contributed by atoms with E-state index in [9.17, 15) is 0 Å². The van der Waals surface area contributed by atoms with Gasteiger partial charge in [-0.3, -0.25) is 0 Å². The van der Waals surface area contributed by atoms with Crippen LogP contribution in [-0.4, -0.2) is 15.0 Å². The number of hydrogen-bond donors (Lipinski definition) is 0. The number of hydrogen-bond acceptors (Lipinski definition) is 7. The van der Waals surface area contributed by atoms with E-state index in [-0.39, 0.29) is 0 Å². The van der Waals surface area contributed by atoms with Crippen LogP contribution in [0.1, 0.15) is 28.4 Å². The molecule has 0 N–H and O–H groups in total. The van der Waals surface area contributed by atoms with Crippen molar-refractivity contribution in [2.45, 2.75) is 37.0 Å². The molecule has 0 fully saturated rings. The van der Waals surface area contributed by atoms with Gasteiger partial charge in [-0.1, -0.05) is 17.8 Å². The molecule has 0 amide bonds. The number of nitrogens with zero attached hydrogens (tertiary/aromatic N) is 3. The maximum Gasteiger partial charge on any atom is 0.236 e. The Morgan fingerprint density at radius 1 is 1.24 bits per heavy atom.